The molecule has 1 aliphatic rings. The minimum absolute atomic E-state index is 0.118. The highest BCUT2D eigenvalue weighted by Crippen LogP contribution is 2.24. The zero-order valence-electron chi connectivity index (χ0n) is 9.10. The second-order valence-corrected chi connectivity index (χ2v) is 4.21. The van der Waals surface area contributed by atoms with Gasteiger partial charge in [-0.2, -0.15) is 0 Å². The first kappa shape index (κ1) is 11.1. The summed E-state index contributed by atoms with van der Waals surface area (Å²) in [4.78, 5) is 15.6. The average Bonchev–Trinajstić information content (AvgIpc) is 2.73. The lowest BCUT2D eigenvalue weighted by molar-refractivity contribution is 0.0916. The SMILES string of the molecule is O=C(NCC1CCCC1O)c1cccnc1. The van der Waals surface area contributed by atoms with Crippen molar-refractivity contribution in [3.63, 3.8) is 0 Å². The third-order valence-electron chi connectivity index (χ3n) is 3.07. The van der Waals surface area contributed by atoms with Crippen LogP contribution >= 0.6 is 0 Å². The number of carbonyl (C=O) groups excluding carboxylic acids is 1. The van der Waals surface area contributed by atoms with E-state index in [-0.39, 0.29) is 17.9 Å². The van der Waals surface area contributed by atoms with Crippen LogP contribution in [0.3, 0.4) is 0 Å². The number of amides is 1. The number of hydrogen-bond donors (Lipinski definition) is 2. The maximum atomic E-state index is 11.7. The standard InChI is InChI=1S/C12H16N2O2/c15-11-5-1-3-9(11)8-14-12(16)10-4-2-6-13-7-10/h2,4,6-7,9,11,15H,1,3,5,8H2,(H,14,16). The fourth-order valence-corrected chi connectivity index (χ4v) is 2.08. The number of aromatic nitrogens is 1. The Morgan fingerprint density at radius 1 is 1.56 bits per heavy atom. The Bertz CT molecular complexity index is 353. The average molecular weight is 220 g/mol. The molecule has 16 heavy (non-hydrogen) atoms. The van der Waals surface area contributed by atoms with Crippen molar-refractivity contribution in [2.75, 3.05) is 6.54 Å². The predicted molar refractivity (Wildman–Crippen MR) is 59.9 cm³/mol. The van der Waals surface area contributed by atoms with E-state index in [9.17, 15) is 9.90 Å². The topological polar surface area (TPSA) is 62.2 Å². The summed E-state index contributed by atoms with van der Waals surface area (Å²) in [7, 11) is 0. The van der Waals surface area contributed by atoms with Crippen LogP contribution in [0.25, 0.3) is 0 Å². The Balaban J connectivity index is 1.84. The van der Waals surface area contributed by atoms with Crippen LogP contribution in [0.4, 0.5) is 0 Å². The van der Waals surface area contributed by atoms with Crippen molar-refractivity contribution < 1.29 is 9.90 Å². The lowest BCUT2D eigenvalue weighted by Crippen LogP contribution is -2.32. The lowest BCUT2D eigenvalue weighted by atomic mass is 10.1. The van der Waals surface area contributed by atoms with E-state index in [0.29, 0.717) is 12.1 Å². The Morgan fingerprint density at radius 2 is 2.44 bits per heavy atom. The van der Waals surface area contributed by atoms with Gasteiger partial charge in [0.15, 0.2) is 0 Å². The highest BCUT2D eigenvalue weighted by Gasteiger charge is 2.25. The molecule has 86 valence electrons. The number of nitrogens with zero attached hydrogens (tertiary/aromatic N) is 1. The van der Waals surface area contributed by atoms with Gasteiger partial charge in [-0.1, -0.05) is 6.42 Å². The van der Waals surface area contributed by atoms with E-state index in [1.807, 2.05) is 0 Å². The van der Waals surface area contributed by atoms with Crippen LogP contribution in [-0.4, -0.2) is 28.6 Å². The fraction of sp³-hybridized carbons (Fsp3) is 0.500. The van der Waals surface area contributed by atoms with Crippen LogP contribution in [0.15, 0.2) is 24.5 Å². The number of aliphatic hydroxyl groups is 1. The molecule has 2 unspecified atom stereocenters. The summed E-state index contributed by atoms with van der Waals surface area (Å²) >= 11 is 0. The molecule has 1 amide bonds. The van der Waals surface area contributed by atoms with Gasteiger partial charge in [-0.3, -0.25) is 9.78 Å². The van der Waals surface area contributed by atoms with Gasteiger partial charge < -0.3 is 10.4 Å². The highest BCUT2D eigenvalue weighted by molar-refractivity contribution is 5.93. The molecule has 2 atom stereocenters. The summed E-state index contributed by atoms with van der Waals surface area (Å²) < 4.78 is 0. The fourth-order valence-electron chi connectivity index (χ4n) is 2.08. The van der Waals surface area contributed by atoms with Crippen LogP contribution in [0.1, 0.15) is 29.6 Å². The van der Waals surface area contributed by atoms with Crippen molar-refractivity contribution in [2.45, 2.75) is 25.4 Å². The number of hydrogen-bond acceptors (Lipinski definition) is 3. The molecule has 2 N–H and O–H groups in total. The third kappa shape index (κ3) is 2.58. The van der Waals surface area contributed by atoms with Crippen LogP contribution in [0.5, 0.6) is 0 Å². The van der Waals surface area contributed by atoms with Gasteiger partial charge >= 0.3 is 0 Å². The van der Waals surface area contributed by atoms with Crippen LogP contribution < -0.4 is 5.32 Å². The highest BCUT2D eigenvalue weighted by atomic mass is 16.3. The zero-order valence-corrected chi connectivity index (χ0v) is 9.10. The molecule has 4 nitrogen and oxygen atoms in total. The molecule has 1 aromatic heterocycles. The Labute approximate surface area is 94.7 Å². The predicted octanol–water partition coefficient (Wildman–Crippen LogP) is 0.972. The smallest absolute Gasteiger partial charge is 0.252 e. The summed E-state index contributed by atoms with van der Waals surface area (Å²) in [5, 5.41) is 12.4. The third-order valence-corrected chi connectivity index (χ3v) is 3.07. The molecule has 0 radical (unpaired) electrons. The molecule has 1 aliphatic carbocycles. The van der Waals surface area contributed by atoms with E-state index in [1.54, 1.807) is 24.5 Å². The van der Waals surface area contributed by atoms with Gasteiger partial charge in [-0.25, -0.2) is 0 Å². The Morgan fingerprint density at radius 3 is 3.06 bits per heavy atom. The minimum Gasteiger partial charge on any atom is -0.393 e. The molecule has 1 fully saturated rings. The number of pyridine rings is 1. The van der Waals surface area contributed by atoms with Crippen molar-refractivity contribution in [3.05, 3.63) is 30.1 Å². The van der Waals surface area contributed by atoms with Crippen molar-refractivity contribution in [1.82, 2.24) is 10.3 Å². The first-order valence-electron chi connectivity index (χ1n) is 5.63. The van der Waals surface area contributed by atoms with Crippen LogP contribution in [0, 0.1) is 5.92 Å². The maximum Gasteiger partial charge on any atom is 0.252 e. The second kappa shape index (κ2) is 5.07. The monoisotopic (exact) mass is 220 g/mol. The van der Waals surface area contributed by atoms with E-state index in [4.69, 9.17) is 0 Å². The molecule has 0 bridgehead atoms. The van der Waals surface area contributed by atoms with Crippen molar-refractivity contribution in [1.29, 1.82) is 0 Å². The van der Waals surface area contributed by atoms with Crippen molar-refractivity contribution >= 4 is 5.91 Å². The van der Waals surface area contributed by atoms with E-state index < -0.39 is 0 Å². The summed E-state index contributed by atoms with van der Waals surface area (Å²) in [6.45, 7) is 0.550. The molecular formula is C12H16N2O2. The van der Waals surface area contributed by atoms with Gasteiger partial charge in [0, 0.05) is 24.9 Å². The molecule has 0 aromatic carbocycles. The normalized spacial score (nSPS) is 24.3. The van der Waals surface area contributed by atoms with Gasteiger partial charge in [-0.05, 0) is 25.0 Å². The van der Waals surface area contributed by atoms with Gasteiger partial charge in [0.1, 0.15) is 0 Å². The zero-order chi connectivity index (χ0) is 11.4. The van der Waals surface area contributed by atoms with Crippen LogP contribution in [0.2, 0.25) is 0 Å². The van der Waals surface area contributed by atoms with Gasteiger partial charge in [0.25, 0.3) is 5.91 Å². The number of nitrogens with one attached hydrogen (secondary N) is 1. The van der Waals surface area contributed by atoms with Crippen molar-refractivity contribution in [3.8, 4) is 0 Å². The van der Waals surface area contributed by atoms with E-state index in [1.165, 1.54) is 0 Å². The molecule has 0 saturated heterocycles. The number of rotatable bonds is 3. The quantitative estimate of drug-likeness (QED) is 0.798. The summed E-state index contributed by atoms with van der Waals surface area (Å²) in [6, 6.07) is 3.47. The molecule has 4 heteroatoms. The molecule has 1 saturated carbocycles. The van der Waals surface area contributed by atoms with Crippen LogP contribution in [-0.2, 0) is 0 Å². The van der Waals surface area contributed by atoms with Crippen molar-refractivity contribution in [2.24, 2.45) is 5.92 Å². The van der Waals surface area contributed by atoms with Gasteiger partial charge in [0.05, 0.1) is 11.7 Å². The lowest BCUT2D eigenvalue weighted by Gasteiger charge is -2.14. The van der Waals surface area contributed by atoms with Gasteiger partial charge in [0.2, 0.25) is 0 Å². The van der Waals surface area contributed by atoms with E-state index in [2.05, 4.69) is 10.3 Å². The second-order valence-electron chi connectivity index (χ2n) is 4.21. The molecule has 0 spiro atoms. The first-order chi connectivity index (χ1) is 7.77. The maximum absolute atomic E-state index is 11.7. The summed E-state index contributed by atoms with van der Waals surface area (Å²) in [5.74, 6) is 0.0906. The Kier molecular flexibility index (Phi) is 3.51. The molecule has 0 aliphatic heterocycles. The van der Waals surface area contributed by atoms with E-state index >= 15 is 0 Å². The minimum atomic E-state index is -0.255. The molecule has 1 heterocycles. The molecule has 1 aromatic rings. The summed E-state index contributed by atoms with van der Waals surface area (Å²) in [5.41, 5.74) is 0.565. The first-order valence-corrected chi connectivity index (χ1v) is 5.63. The summed E-state index contributed by atoms with van der Waals surface area (Å²) in [6.07, 6.45) is 5.82. The van der Waals surface area contributed by atoms with E-state index in [0.717, 1.165) is 19.3 Å². The Hall–Kier alpha value is -1.42. The number of carbonyl (C=O) groups is 1. The largest absolute Gasteiger partial charge is 0.393 e. The van der Waals surface area contributed by atoms with Gasteiger partial charge in [-0.15, -0.1) is 0 Å². The molecule has 2 rings (SSSR count). The molecular weight excluding hydrogens is 204 g/mol. The number of aliphatic hydroxyl groups excluding tert-OH is 1.